The highest BCUT2D eigenvalue weighted by atomic mass is 32.2. The highest BCUT2D eigenvalue weighted by molar-refractivity contribution is 7.92. The monoisotopic (exact) mass is 555 g/mol. The number of anilines is 1. The fourth-order valence-corrected chi connectivity index (χ4v) is 8.58. The molecule has 2 amide bonds. The van der Waals surface area contributed by atoms with Crippen LogP contribution in [0.25, 0.3) is 10.8 Å². The van der Waals surface area contributed by atoms with E-state index in [1.807, 2.05) is 24.3 Å². The Hall–Kier alpha value is -2.95. The topological polar surface area (TPSA) is 114 Å². The number of nitrogens with one attached hydrogen (secondary N) is 3. The molecular formula is C28H33N3O5S2. The predicted molar refractivity (Wildman–Crippen MR) is 150 cm³/mol. The van der Waals surface area contributed by atoms with Crippen LogP contribution in [0.5, 0.6) is 0 Å². The van der Waals surface area contributed by atoms with E-state index in [4.69, 9.17) is 4.74 Å². The zero-order valence-electron chi connectivity index (χ0n) is 21.4. The Morgan fingerprint density at radius 2 is 1.82 bits per heavy atom. The number of sulfone groups is 1. The van der Waals surface area contributed by atoms with Gasteiger partial charge in [-0.25, -0.2) is 18.0 Å². The SMILES string of the molecule is CCOC(=O)c1c(NC(=O)NC(C2CCNCC2)S(=O)(=O)c2ccc3ccccc3c2)sc2c1CCCC2. The van der Waals surface area contributed by atoms with Crippen molar-refractivity contribution in [2.24, 2.45) is 5.92 Å². The van der Waals surface area contributed by atoms with Crippen LogP contribution in [0.1, 0.15) is 53.4 Å². The molecule has 1 aliphatic heterocycles. The highest BCUT2D eigenvalue weighted by Gasteiger charge is 2.37. The Labute approximate surface area is 227 Å². The van der Waals surface area contributed by atoms with Gasteiger partial charge < -0.3 is 15.4 Å². The average molecular weight is 556 g/mol. The van der Waals surface area contributed by atoms with Gasteiger partial charge in [0.1, 0.15) is 10.4 Å². The number of carbonyl (C=O) groups excluding carboxylic acids is 2. The van der Waals surface area contributed by atoms with Gasteiger partial charge in [0.25, 0.3) is 0 Å². The number of piperidine rings is 1. The second-order valence-corrected chi connectivity index (χ2v) is 13.0. The first-order chi connectivity index (χ1) is 18.4. The standard InChI is InChI=1S/C28H33N3O5S2/c1-2-36-27(32)24-22-9-5-6-10-23(22)37-25(24)30-28(33)31-26(19-13-15-29-16-14-19)38(34,35)21-12-11-18-7-3-4-8-20(18)17-21/h3-4,7-8,11-12,17,19,26,29H,2,5-6,9-10,13-16H2,1H3,(H2,30,31,33). The molecule has 1 fully saturated rings. The first kappa shape index (κ1) is 26.6. The smallest absolute Gasteiger partial charge is 0.341 e. The van der Waals surface area contributed by atoms with Crippen LogP contribution in [0.3, 0.4) is 0 Å². The summed E-state index contributed by atoms with van der Waals surface area (Å²) in [6.45, 7) is 3.35. The first-order valence-electron chi connectivity index (χ1n) is 13.2. The molecule has 3 aromatic rings. The molecule has 3 N–H and O–H groups in total. The lowest BCUT2D eigenvalue weighted by Crippen LogP contribution is -2.50. The minimum atomic E-state index is -3.90. The van der Waals surface area contributed by atoms with Gasteiger partial charge in [-0.2, -0.15) is 0 Å². The third-order valence-electron chi connectivity index (χ3n) is 7.35. The fourth-order valence-electron chi connectivity index (χ4n) is 5.43. The van der Waals surface area contributed by atoms with Crippen LogP contribution >= 0.6 is 11.3 Å². The Bertz CT molecular complexity index is 1440. The summed E-state index contributed by atoms with van der Waals surface area (Å²) in [6, 6.07) is 12.0. The number of amides is 2. The fraction of sp³-hybridized carbons (Fsp3) is 0.429. The molecule has 0 radical (unpaired) electrons. The van der Waals surface area contributed by atoms with Crippen LogP contribution in [0.2, 0.25) is 0 Å². The number of fused-ring (bicyclic) bond motifs is 2. The molecule has 5 rings (SSSR count). The quantitative estimate of drug-likeness (QED) is 0.358. The number of esters is 1. The van der Waals surface area contributed by atoms with Gasteiger partial charge in [0.15, 0.2) is 9.84 Å². The van der Waals surface area contributed by atoms with E-state index in [1.54, 1.807) is 25.1 Å². The molecule has 1 saturated heterocycles. The molecule has 2 heterocycles. The van der Waals surface area contributed by atoms with Crippen molar-refractivity contribution in [2.75, 3.05) is 25.0 Å². The summed E-state index contributed by atoms with van der Waals surface area (Å²) in [5.41, 5.74) is 1.34. The van der Waals surface area contributed by atoms with Crippen molar-refractivity contribution in [1.82, 2.24) is 10.6 Å². The van der Waals surface area contributed by atoms with Crippen molar-refractivity contribution in [3.8, 4) is 0 Å². The maximum Gasteiger partial charge on any atom is 0.341 e. The molecule has 0 spiro atoms. The maximum absolute atomic E-state index is 13.9. The van der Waals surface area contributed by atoms with E-state index < -0.39 is 27.2 Å². The number of hydrogen-bond donors (Lipinski definition) is 3. The third kappa shape index (κ3) is 5.43. The van der Waals surface area contributed by atoms with Crippen LogP contribution in [0.15, 0.2) is 47.4 Å². The second-order valence-electron chi connectivity index (χ2n) is 9.80. The molecule has 2 aromatic carbocycles. The lowest BCUT2D eigenvalue weighted by Gasteiger charge is -2.31. The molecule has 1 aliphatic carbocycles. The van der Waals surface area contributed by atoms with Gasteiger partial charge in [-0.05, 0) is 92.9 Å². The zero-order chi connectivity index (χ0) is 26.7. The summed E-state index contributed by atoms with van der Waals surface area (Å²) in [6.07, 6.45) is 4.87. The van der Waals surface area contributed by atoms with E-state index in [2.05, 4.69) is 16.0 Å². The molecular weight excluding hydrogens is 522 g/mol. The summed E-state index contributed by atoms with van der Waals surface area (Å²) in [5, 5.41) is 9.96. The molecule has 10 heteroatoms. The number of benzene rings is 2. The molecule has 202 valence electrons. The Morgan fingerprint density at radius 1 is 1.08 bits per heavy atom. The molecule has 1 aromatic heterocycles. The molecule has 2 aliphatic rings. The second kappa shape index (κ2) is 11.4. The van der Waals surface area contributed by atoms with E-state index in [1.165, 1.54) is 11.3 Å². The molecule has 8 nitrogen and oxygen atoms in total. The van der Waals surface area contributed by atoms with Crippen LogP contribution < -0.4 is 16.0 Å². The first-order valence-corrected chi connectivity index (χ1v) is 15.6. The van der Waals surface area contributed by atoms with Gasteiger partial charge in [-0.3, -0.25) is 5.32 Å². The molecule has 0 bridgehead atoms. The Kier molecular flexibility index (Phi) is 8.01. The van der Waals surface area contributed by atoms with Gasteiger partial charge in [-0.15, -0.1) is 11.3 Å². The van der Waals surface area contributed by atoms with E-state index in [0.717, 1.165) is 46.9 Å². The summed E-state index contributed by atoms with van der Waals surface area (Å²) >= 11 is 1.38. The number of thiophene rings is 1. The van der Waals surface area contributed by atoms with Crippen LogP contribution in [0.4, 0.5) is 9.80 Å². The number of urea groups is 1. The minimum Gasteiger partial charge on any atom is -0.462 e. The van der Waals surface area contributed by atoms with Crippen LogP contribution in [-0.2, 0) is 27.4 Å². The summed E-state index contributed by atoms with van der Waals surface area (Å²) < 4.78 is 33.2. The predicted octanol–water partition coefficient (Wildman–Crippen LogP) is 4.88. The third-order valence-corrected chi connectivity index (χ3v) is 10.6. The molecule has 38 heavy (non-hydrogen) atoms. The summed E-state index contributed by atoms with van der Waals surface area (Å²) in [4.78, 5) is 27.4. The lowest BCUT2D eigenvalue weighted by atomic mass is 9.95. The number of carbonyl (C=O) groups is 2. The van der Waals surface area contributed by atoms with Crippen molar-refractivity contribution < 1.29 is 22.7 Å². The molecule has 0 saturated carbocycles. The van der Waals surface area contributed by atoms with E-state index in [9.17, 15) is 18.0 Å². The van der Waals surface area contributed by atoms with Crippen LogP contribution in [0, 0.1) is 5.92 Å². The normalized spacial score (nSPS) is 17.0. The number of aryl methyl sites for hydroxylation is 1. The zero-order valence-corrected chi connectivity index (χ0v) is 23.1. The van der Waals surface area contributed by atoms with Gasteiger partial charge >= 0.3 is 12.0 Å². The van der Waals surface area contributed by atoms with Crippen LogP contribution in [-0.4, -0.2) is 45.5 Å². The Morgan fingerprint density at radius 3 is 2.58 bits per heavy atom. The number of rotatable bonds is 7. The maximum atomic E-state index is 13.9. The van der Waals surface area contributed by atoms with E-state index >= 15 is 0 Å². The largest absolute Gasteiger partial charge is 0.462 e. The minimum absolute atomic E-state index is 0.179. The van der Waals surface area contributed by atoms with Crippen molar-refractivity contribution in [3.05, 3.63) is 58.5 Å². The number of hydrogen-bond acceptors (Lipinski definition) is 7. The number of ether oxygens (including phenoxy) is 1. The average Bonchev–Trinajstić information content (AvgIpc) is 3.29. The summed E-state index contributed by atoms with van der Waals surface area (Å²) in [7, 11) is -3.90. The summed E-state index contributed by atoms with van der Waals surface area (Å²) in [5.74, 6) is -0.708. The molecule has 1 unspecified atom stereocenters. The van der Waals surface area contributed by atoms with E-state index in [0.29, 0.717) is 36.5 Å². The van der Waals surface area contributed by atoms with Gasteiger partial charge in [0.2, 0.25) is 0 Å². The van der Waals surface area contributed by atoms with Crippen molar-refractivity contribution in [1.29, 1.82) is 0 Å². The van der Waals surface area contributed by atoms with Gasteiger partial charge in [-0.1, -0.05) is 30.3 Å². The van der Waals surface area contributed by atoms with Gasteiger partial charge in [0, 0.05) is 4.88 Å². The van der Waals surface area contributed by atoms with E-state index in [-0.39, 0.29) is 17.4 Å². The lowest BCUT2D eigenvalue weighted by molar-refractivity contribution is 0.0526. The molecule has 1 atom stereocenters. The van der Waals surface area contributed by atoms with Gasteiger partial charge in [0.05, 0.1) is 17.1 Å². The van der Waals surface area contributed by atoms with Crippen molar-refractivity contribution >= 4 is 48.9 Å². The highest BCUT2D eigenvalue weighted by Crippen LogP contribution is 2.39. The van der Waals surface area contributed by atoms with Crippen molar-refractivity contribution in [3.63, 3.8) is 0 Å². The Balaban J connectivity index is 1.44. The van der Waals surface area contributed by atoms with Crippen molar-refractivity contribution in [2.45, 2.75) is 55.7 Å².